The Labute approximate surface area is 130 Å². The molecule has 120 valence electrons. The highest BCUT2D eigenvalue weighted by Crippen LogP contribution is 2.23. The molecule has 21 heavy (non-hydrogen) atoms. The number of methoxy groups -OCH3 is 1. The predicted molar refractivity (Wildman–Crippen MR) is 90.8 cm³/mol. The zero-order valence-electron chi connectivity index (χ0n) is 14.3. The van der Waals surface area contributed by atoms with Crippen LogP contribution in [0.25, 0.3) is 0 Å². The summed E-state index contributed by atoms with van der Waals surface area (Å²) in [7, 11) is 3.93. The third-order valence-electron chi connectivity index (χ3n) is 4.57. The number of hydrogen-bond acceptors (Lipinski definition) is 3. The molecule has 0 spiro atoms. The standard InChI is InChI=1S/C18H32N2O/c1-6-9-14(2)17(13-19)20(4)15(3)12-16-10-7-8-11-18(16)21-5/h7-8,10-11,14-15,17H,6,9,12-13,19H2,1-5H3. The maximum Gasteiger partial charge on any atom is 0.122 e. The van der Waals surface area contributed by atoms with Gasteiger partial charge in [-0.3, -0.25) is 4.90 Å². The Morgan fingerprint density at radius 1 is 1.24 bits per heavy atom. The van der Waals surface area contributed by atoms with Crippen LogP contribution in [0.1, 0.15) is 39.2 Å². The van der Waals surface area contributed by atoms with E-state index < -0.39 is 0 Å². The Morgan fingerprint density at radius 2 is 1.90 bits per heavy atom. The molecule has 1 rings (SSSR count). The van der Waals surface area contributed by atoms with Gasteiger partial charge in [0.1, 0.15) is 5.75 Å². The van der Waals surface area contributed by atoms with Crippen LogP contribution in [0.4, 0.5) is 0 Å². The van der Waals surface area contributed by atoms with E-state index in [0.717, 1.165) is 12.2 Å². The summed E-state index contributed by atoms with van der Waals surface area (Å²) in [4.78, 5) is 2.44. The molecule has 3 atom stereocenters. The van der Waals surface area contributed by atoms with Crippen LogP contribution in [0.15, 0.2) is 24.3 Å². The van der Waals surface area contributed by atoms with Crippen LogP contribution in [-0.4, -0.2) is 37.7 Å². The van der Waals surface area contributed by atoms with E-state index in [1.54, 1.807) is 7.11 Å². The quantitative estimate of drug-likeness (QED) is 0.759. The highest BCUT2D eigenvalue weighted by Gasteiger charge is 2.24. The molecule has 3 unspecified atom stereocenters. The van der Waals surface area contributed by atoms with E-state index in [0.29, 0.717) is 24.5 Å². The summed E-state index contributed by atoms with van der Waals surface area (Å²) in [5, 5.41) is 0. The summed E-state index contributed by atoms with van der Waals surface area (Å²) >= 11 is 0. The molecule has 0 heterocycles. The second kappa shape index (κ2) is 9.06. The van der Waals surface area contributed by atoms with E-state index in [4.69, 9.17) is 10.5 Å². The molecular weight excluding hydrogens is 260 g/mol. The van der Waals surface area contributed by atoms with Gasteiger partial charge >= 0.3 is 0 Å². The minimum atomic E-state index is 0.439. The summed E-state index contributed by atoms with van der Waals surface area (Å²) in [5.74, 6) is 1.61. The van der Waals surface area contributed by atoms with Crippen LogP contribution < -0.4 is 10.5 Å². The first-order valence-electron chi connectivity index (χ1n) is 8.09. The maximum absolute atomic E-state index is 6.03. The number of rotatable bonds is 9. The van der Waals surface area contributed by atoms with Crippen molar-refractivity contribution < 1.29 is 4.74 Å². The summed E-state index contributed by atoms with van der Waals surface area (Å²) in [5.41, 5.74) is 7.29. The van der Waals surface area contributed by atoms with E-state index in [1.807, 2.05) is 12.1 Å². The average molecular weight is 292 g/mol. The number of likely N-dealkylation sites (N-methyl/N-ethyl adjacent to an activating group) is 1. The third kappa shape index (κ3) is 5.01. The lowest BCUT2D eigenvalue weighted by Crippen LogP contribution is -2.47. The van der Waals surface area contributed by atoms with Crippen molar-refractivity contribution in [2.75, 3.05) is 20.7 Å². The van der Waals surface area contributed by atoms with E-state index in [-0.39, 0.29) is 0 Å². The highest BCUT2D eigenvalue weighted by atomic mass is 16.5. The molecule has 1 aromatic rings. The first-order chi connectivity index (χ1) is 10.0. The molecule has 3 nitrogen and oxygen atoms in total. The second-order valence-corrected chi connectivity index (χ2v) is 6.10. The van der Waals surface area contributed by atoms with E-state index in [2.05, 4.69) is 44.9 Å². The Morgan fingerprint density at radius 3 is 2.48 bits per heavy atom. The zero-order valence-corrected chi connectivity index (χ0v) is 14.3. The summed E-state index contributed by atoms with van der Waals surface area (Å²) in [6.07, 6.45) is 3.43. The molecule has 0 saturated carbocycles. The van der Waals surface area contributed by atoms with Crippen molar-refractivity contribution >= 4 is 0 Å². The predicted octanol–water partition coefficient (Wildman–Crippen LogP) is 3.32. The third-order valence-corrected chi connectivity index (χ3v) is 4.57. The van der Waals surface area contributed by atoms with Crippen LogP contribution in [0.3, 0.4) is 0 Å². The fourth-order valence-corrected chi connectivity index (χ4v) is 3.11. The van der Waals surface area contributed by atoms with Crippen molar-refractivity contribution in [2.45, 2.75) is 52.1 Å². The molecule has 0 aromatic heterocycles. The summed E-state index contributed by atoms with van der Waals surface area (Å²) < 4.78 is 5.46. The fraction of sp³-hybridized carbons (Fsp3) is 0.667. The number of nitrogens with zero attached hydrogens (tertiary/aromatic N) is 1. The van der Waals surface area contributed by atoms with E-state index in [1.165, 1.54) is 18.4 Å². The minimum Gasteiger partial charge on any atom is -0.496 e. The fourth-order valence-electron chi connectivity index (χ4n) is 3.11. The lowest BCUT2D eigenvalue weighted by atomic mass is 9.93. The largest absolute Gasteiger partial charge is 0.496 e. The minimum absolute atomic E-state index is 0.439. The van der Waals surface area contributed by atoms with Gasteiger partial charge in [-0.15, -0.1) is 0 Å². The van der Waals surface area contributed by atoms with E-state index >= 15 is 0 Å². The highest BCUT2D eigenvalue weighted by molar-refractivity contribution is 5.33. The summed E-state index contributed by atoms with van der Waals surface area (Å²) in [6.45, 7) is 7.54. The Bertz CT molecular complexity index is 408. The van der Waals surface area contributed by atoms with Gasteiger partial charge in [0.15, 0.2) is 0 Å². The van der Waals surface area contributed by atoms with Gasteiger partial charge in [-0.1, -0.05) is 38.5 Å². The Kier molecular flexibility index (Phi) is 7.76. The smallest absolute Gasteiger partial charge is 0.122 e. The topological polar surface area (TPSA) is 38.5 Å². The average Bonchev–Trinajstić information content (AvgIpc) is 2.48. The molecular formula is C18H32N2O. The van der Waals surface area contributed by atoms with Crippen LogP contribution in [0.2, 0.25) is 0 Å². The molecule has 0 aliphatic heterocycles. The van der Waals surface area contributed by atoms with Gasteiger partial charge in [0.2, 0.25) is 0 Å². The summed E-state index contributed by atoms with van der Waals surface area (Å²) in [6, 6.07) is 9.15. The van der Waals surface area contributed by atoms with Gasteiger partial charge in [-0.05, 0) is 44.4 Å². The van der Waals surface area contributed by atoms with Crippen LogP contribution in [0.5, 0.6) is 5.75 Å². The monoisotopic (exact) mass is 292 g/mol. The van der Waals surface area contributed by atoms with Crippen molar-refractivity contribution in [3.8, 4) is 5.75 Å². The molecule has 1 aromatic carbocycles. The lowest BCUT2D eigenvalue weighted by molar-refractivity contribution is 0.137. The zero-order chi connectivity index (χ0) is 15.8. The van der Waals surface area contributed by atoms with Crippen molar-refractivity contribution in [1.82, 2.24) is 4.90 Å². The first kappa shape index (κ1) is 18.0. The Balaban J connectivity index is 2.74. The normalized spacial score (nSPS) is 15.8. The first-order valence-corrected chi connectivity index (χ1v) is 8.09. The molecule has 3 heteroatoms. The van der Waals surface area contributed by atoms with Crippen molar-refractivity contribution in [3.63, 3.8) is 0 Å². The van der Waals surface area contributed by atoms with Gasteiger partial charge in [0.05, 0.1) is 7.11 Å². The Hall–Kier alpha value is -1.06. The number of hydrogen-bond donors (Lipinski definition) is 1. The molecule has 0 aliphatic rings. The van der Waals surface area contributed by atoms with Crippen molar-refractivity contribution in [3.05, 3.63) is 29.8 Å². The lowest BCUT2D eigenvalue weighted by Gasteiger charge is -2.36. The number of nitrogens with two attached hydrogens (primary N) is 1. The van der Waals surface area contributed by atoms with Gasteiger partial charge in [0, 0.05) is 18.6 Å². The molecule has 0 saturated heterocycles. The van der Waals surface area contributed by atoms with Crippen LogP contribution in [-0.2, 0) is 6.42 Å². The van der Waals surface area contributed by atoms with E-state index in [9.17, 15) is 0 Å². The van der Waals surface area contributed by atoms with Gasteiger partial charge in [0.25, 0.3) is 0 Å². The number of para-hydroxylation sites is 1. The SMILES string of the molecule is CCCC(C)C(CN)N(C)C(C)Cc1ccccc1OC. The van der Waals surface area contributed by atoms with Crippen LogP contribution in [0, 0.1) is 5.92 Å². The maximum atomic E-state index is 6.03. The number of ether oxygens (including phenoxy) is 1. The van der Waals surface area contributed by atoms with Gasteiger partial charge < -0.3 is 10.5 Å². The molecule has 0 aliphatic carbocycles. The molecule has 0 amide bonds. The van der Waals surface area contributed by atoms with Crippen molar-refractivity contribution in [2.24, 2.45) is 11.7 Å². The van der Waals surface area contributed by atoms with Crippen molar-refractivity contribution in [1.29, 1.82) is 0 Å². The second-order valence-electron chi connectivity index (χ2n) is 6.10. The number of benzene rings is 1. The molecule has 0 radical (unpaired) electrons. The molecule has 0 bridgehead atoms. The van der Waals surface area contributed by atoms with Crippen LogP contribution >= 0.6 is 0 Å². The van der Waals surface area contributed by atoms with Gasteiger partial charge in [-0.25, -0.2) is 0 Å². The molecule has 0 fully saturated rings. The molecule has 2 N–H and O–H groups in total. The van der Waals surface area contributed by atoms with Gasteiger partial charge in [-0.2, -0.15) is 0 Å².